The van der Waals surface area contributed by atoms with E-state index in [4.69, 9.17) is 32.7 Å². The molecule has 1 rings (SSSR count). The first-order valence-corrected chi connectivity index (χ1v) is 12.6. The average molecular weight is 493 g/mol. The van der Waals surface area contributed by atoms with Gasteiger partial charge >= 0.3 is 11.9 Å². The van der Waals surface area contributed by atoms with Crippen LogP contribution in [0.2, 0.25) is 0 Å². The molecule has 0 saturated carbocycles. The van der Waals surface area contributed by atoms with Crippen LogP contribution in [0, 0.1) is 5.92 Å². The van der Waals surface area contributed by atoms with Gasteiger partial charge in [0, 0.05) is 0 Å². The predicted octanol–water partition coefficient (Wildman–Crippen LogP) is 6.85. The Labute approximate surface area is 201 Å². The molecule has 8 heteroatoms. The van der Waals surface area contributed by atoms with Crippen LogP contribution in [0.15, 0.2) is 23.0 Å². The highest BCUT2D eigenvalue weighted by Crippen LogP contribution is 2.46. The third-order valence-corrected chi connectivity index (χ3v) is 6.52. The second-order valence-electron chi connectivity index (χ2n) is 8.15. The number of halogens is 2. The molecule has 32 heavy (non-hydrogen) atoms. The first kappa shape index (κ1) is 28.8. The molecule has 1 aliphatic carbocycles. The van der Waals surface area contributed by atoms with Gasteiger partial charge < -0.3 is 19.7 Å². The van der Waals surface area contributed by atoms with Gasteiger partial charge in [0.05, 0.1) is 0 Å². The maximum absolute atomic E-state index is 12.3. The molecule has 0 fully saturated rings. The minimum absolute atomic E-state index is 0.0111. The van der Waals surface area contributed by atoms with Crippen molar-refractivity contribution in [2.45, 2.75) is 109 Å². The molecular formula is C24H38Cl2O6. The van der Waals surface area contributed by atoms with Crippen molar-refractivity contribution in [3.63, 3.8) is 0 Å². The SMILES string of the molecule is CCCCCC(Cl)OC1=CC(C(=O)O)C(CC)(OC(Cl)CCCCC)C(CC)=C1C(=O)O. The van der Waals surface area contributed by atoms with Gasteiger partial charge in [0.15, 0.2) is 5.56 Å². The topological polar surface area (TPSA) is 93.1 Å². The zero-order valence-corrected chi connectivity index (χ0v) is 21.2. The van der Waals surface area contributed by atoms with E-state index in [1.165, 1.54) is 6.08 Å². The van der Waals surface area contributed by atoms with Crippen LogP contribution >= 0.6 is 23.2 Å². The third-order valence-electron chi connectivity index (χ3n) is 5.90. The number of hydrogen-bond donors (Lipinski definition) is 2. The minimum atomic E-state index is -1.37. The number of carboxylic acids is 2. The van der Waals surface area contributed by atoms with Crippen LogP contribution in [0.3, 0.4) is 0 Å². The summed E-state index contributed by atoms with van der Waals surface area (Å²) in [6, 6.07) is 0. The summed E-state index contributed by atoms with van der Waals surface area (Å²) in [6.07, 6.45) is 8.63. The van der Waals surface area contributed by atoms with Crippen LogP contribution in [0.4, 0.5) is 0 Å². The predicted molar refractivity (Wildman–Crippen MR) is 127 cm³/mol. The van der Waals surface area contributed by atoms with Gasteiger partial charge in [0.1, 0.15) is 28.4 Å². The van der Waals surface area contributed by atoms with E-state index < -0.39 is 34.6 Å². The van der Waals surface area contributed by atoms with Crippen molar-refractivity contribution in [2.75, 3.05) is 0 Å². The molecule has 0 aliphatic heterocycles. The average Bonchev–Trinajstić information content (AvgIpc) is 2.73. The molecule has 0 spiro atoms. The molecule has 6 nitrogen and oxygen atoms in total. The Kier molecular flexibility index (Phi) is 12.7. The monoisotopic (exact) mass is 492 g/mol. The fourth-order valence-electron chi connectivity index (χ4n) is 4.25. The number of hydrogen-bond acceptors (Lipinski definition) is 4. The molecule has 0 aromatic heterocycles. The maximum atomic E-state index is 12.3. The van der Waals surface area contributed by atoms with Gasteiger partial charge in [-0.3, -0.25) is 4.79 Å². The molecule has 184 valence electrons. The Morgan fingerprint density at radius 1 is 1.00 bits per heavy atom. The summed E-state index contributed by atoms with van der Waals surface area (Å²) in [6.45, 7) is 7.72. The first-order valence-electron chi connectivity index (χ1n) is 11.7. The van der Waals surface area contributed by atoms with E-state index in [0.29, 0.717) is 18.4 Å². The van der Waals surface area contributed by atoms with E-state index in [2.05, 4.69) is 13.8 Å². The van der Waals surface area contributed by atoms with Crippen molar-refractivity contribution in [1.82, 2.24) is 0 Å². The van der Waals surface area contributed by atoms with Gasteiger partial charge in [-0.05, 0) is 50.2 Å². The van der Waals surface area contributed by atoms with Crippen molar-refractivity contribution in [2.24, 2.45) is 5.92 Å². The van der Waals surface area contributed by atoms with E-state index in [-0.39, 0.29) is 24.2 Å². The Bertz CT molecular complexity index is 690. The maximum Gasteiger partial charge on any atom is 0.339 e. The molecule has 4 atom stereocenters. The number of unbranched alkanes of at least 4 members (excludes halogenated alkanes) is 4. The van der Waals surface area contributed by atoms with Gasteiger partial charge in [0.2, 0.25) is 0 Å². The number of rotatable bonds is 16. The normalized spacial score (nSPS) is 22.9. The highest BCUT2D eigenvalue weighted by atomic mass is 35.5. The summed E-state index contributed by atoms with van der Waals surface area (Å²) in [4.78, 5) is 24.6. The summed E-state index contributed by atoms with van der Waals surface area (Å²) >= 11 is 12.8. The number of carbonyl (C=O) groups is 2. The van der Waals surface area contributed by atoms with Gasteiger partial charge in [-0.2, -0.15) is 0 Å². The lowest BCUT2D eigenvalue weighted by Gasteiger charge is -2.43. The Balaban J connectivity index is 3.40. The summed E-state index contributed by atoms with van der Waals surface area (Å²) < 4.78 is 12.0. The molecular weight excluding hydrogens is 455 g/mol. The van der Waals surface area contributed by atoms with Gasteiger partial charge in [-0.15, -0.1) is 0 Å². The molecule has 1 aliphatic rings. The standard InChI is InChI=1S/C24H38Cl2O6/c1-5-9-11-13-19(25)31-18-15-17(22(27)28)24(8-4,16(7-3)21(18)23(29)30)32-20(26)14-12-10-6-2/h15,17,19-20H,5-14H2,1-4H3,(H,27,28)(H,29,30). The number of alkyl halides is 2. The molecule has 0 aromatic carbocycles. The van der Waals surface area contributed by atoms with Crippen LogP contribution in [0.1, 0.15) is 91.9 Å². The second kappa shape index (κ2) is 14.1. The van der Waals surface area contributed by atoms with Crippen molar-refractivity contribution in [1.29, 1.82) is 0 Å². The van der Waals surface area contributed by atoms with Crippen molar-refractivity contribution in [3.05, 3.63) is 23.0 Å². The van der Waals surface area contributed by atoms with Crippen molar-refractivity contribution >= 4 is 35.1 Å². The Hall–Kier alpha value is -1.24. The molecule has 0 bridgehead atoms. The Morgan fingerprint density at radius 2 is 1.56 bits per heavy atom. The molecule has 0 saturated heterocycles. The van der Waals surface area contributed by atoms with E-state index in [0.717, 1.165) is 38.5 Å². The summed E-state index contributed by atoms with van der Waals surface area (Å²) in [5.41, 5.74) is -2.56. The fraction of sp³-hybridized carbons (Fsp3) is 0.750. The van der Waals surface area contributed by atoms with E-state index in [1.807, 2.05) is 0 Å². The highest BCUT2D eigenvalue weighted by Gasteiger charge is 2.51. The van der Waals surface area contributed by atoms with Gasteiger partial charge in [-0.25, -0.2) is 4.79 Å². The van der Waals surface area contributed by atoms with Crippen LogP contribution in [0.5, 0.6) is 0 Å². The largest absolute Gasteiger partial charge is 0.481 e. The van der Waals surface area contributed by atoms with Gasteiger partial charge in [0.25, 0.3) is 0 Å². The minimum Gasteiger partial charge on any atom is -0.481 e. The number of aliphatic carboxylic acids is 2. The van der Waals surface area contributed by atoms with Crippen LogP contribution in [-0.4, -0.2) is 38.9 Å². The summed E-state index contributed by atoms with van der Waals surface area (Å²) in [7, 11) is 0. The van der Waals surface area contributed by atoms with Crippen LogP contribution < -0.4 is 0 Å². The molecule has 0 amide bonds. The summed E-state index contributed by atoms with van der Waals surface area (Å²) in [5.74, 6) is -3.48. The van der Waals surface area contributed by atoms with Gasteiger partial charge in [-0.1, -0.05) is 76.6 Å². The highest BCUT2D eigenvalue weighted by molar-refractivity contribution is 6.20. The van der Waals surface area contributed by atoms with Crippen molar-refractivity contribution < 1.29 is 29.3 Å². The molecule has 0 radical (unpaired) electrons. The number of carboxylic acid groups (broad SMARTS) is 2. The Morgan fingerprint density at radius 3 is 2.00 bits per heavy atom. The van der Waals surface area contributed by atoms with Crippen LogP contribution in [-0.2, 0) is 19.1 Å². The lowest BCUT2D eigenvalue weighted by Crippen LogP contribution is -2.50. The van der Waals surface area contributed by atoms with E-state index >= 15 is 0 Å². The lowest BCUT2D eigenvalue weighted by atomic mass is 9.71. The van der Waals surface area contributed by atoms with Crippen molar-refractivity contribution in [3.8, 4) is 0 Å². The van der Waals surface area contributed by atoms with E-state index in [1.54, 1.807) is 13.8 Å². The molecule has 0 aromatic rings. The summed E-state index contributed by atoms with van der Waals surface area (Å²) in [5, 5.41) is 20.1. The lowest BCUT2D eigenvalue weighted by molar-refractivity contribution is -0.154. The second-order valence-corrected chi connectivity index (χ2v) is 9.12. The third kappa shape index (κ3) is 7.39. The quantitative estimate of drug-likeness (QED) is 0.180. The smallest absolute Gasteiger partial charge is 0.339 e. The zero-order valence-electron chi connectivity index (χ0n) is 19.7. The fourth-order valence-corrected chi connectivity index (χ4v) is 4.81. The first-order chi connectivity index (χ1) is 15.2. The molecule has 0 heterocycles. The zero-order chi connectivity index (χ0) is 24.3. The molecule has 2 N–H and O–H groups in total. The van der Waals surface area contributed by atoms with E-state index in [9.17, 15) is 19.8 Å². The van der Waals surface area contributed by atoms with Crippen LogP contribution in [0.25, 0.3) is 0 Å². The molecule has 4 unspecified atom stereocenters. The number of ether oxygens (including phenoxy) is 2.